The summed E-state index contributed by atoms with van der Waals surface area (Å²) in [5.74, 6) is 0. The van der Waals surface area contributed by atoms with Crippen LogP contribution in [-0.4, -0.2) is 15.0 Å². The van der Waals surface area contributed by atoms with Crippen LogP contribution in [0, 0.1) is 17.7 Å². The molecule has 61 valence electrons. The van der Waals surface area contributed by atoms with Gasteiger partial charge in [0.15, 0.2) is 0 Å². The van der Waals surface area contributed by atoms with Gasteiger partial charge in [0.1, 0.15) is 11.9 Å². The number of hydrogen-bond donors (Lipinski definition) is 0. The smallest absolute Gasteiger partial charge is 0.170 e. The van der Waals surface area contributed by atoms with Crippen molar-refractivity contribution < 1.29 is 0 Å². The van der Waals surface area contributed by atoms with Crippen LogP contribution in [0.3, 0.4) is 0 Å². The van der Waals surface area contributed by atoms with Gasteiger partial charge in [0.2, 0.25) is 6.19 Å². The van der Waals surface area contributed by atoms with Crippen LogP contribution in [0.2, 0.25) is 0 Å². The van der Waals surface area contributed by atoms with Crippen molar-refractivity contribution in [2.45, 2.75) is 0 Å². The number of nitriles is 1. The highest BCUT2D eigenvalue weighted by Gasteiger charge is 2.04. The zero-order valence-corrected chi connectivity index (χ0v) is 6.68. The summed E-state index contributed by atoms with van der Waals surface area (Å²) in [6.07, 6.45) is 4.54. The predicted molar refractivity (Wildman–Crippen MR) is 45.3 cm³/mol. The predicted octanol–water partition coefficient (Wildman–Crippen LogP) is 1.07. The van der Waals surface area contributed by atoms with Crippen LogP contribution in [0.1, 0.15) is 0 Å². The van der Waals surface area contributed by atoms with Crippen LogP contribution in [-0.2, 0) is 0 Å². The van der Waals surface area contributed by atoms with Gasteiger partial charge < -0.3 is 0 Å². The molecular formula is C9H5N4. The number of benzene rings is 1. The summed E-state index contributed by atoms with van der Waals surface area (Å²) in [4.78, 5) is 0. The molecule has 0 spiro atoms. The minimum absolute atomic E-state index is 0.586. The van der Waals surface area contributed by atoms with Gasteiger partial charge in [-0.2, -0.15) is 5.26 Å². The lowest BCUT2D eigenvalue weighted by Gasteiger charge is -1.95. The molecule has 2 aromatic rings. The second-order valence-corrected chi connectivity index (χ2v) is 2.43. The summed E-state index contributed by atoms with van der Waals surface area (Å²) in [5, 5.41) is 15.8. The normalized spacial score (nSPS) is 9.46. The average Bonchev–Trinajstić information content (AvgIpc) is 2.67. The van der Waals surface area contributed by atoms with E-state index >= 15 is 0 Å². The fourth-order valence-corrected chi connectivity index (χ4v) is 1.06. The Kier molecular flexibility index (Phi) is 1.77. The average molecular weight is 169 g/mol. The molecule has 0 amide bonds. The Labute approximate surface area is 75.0 Å². The molecular weight excluding hydrogens is 164 g/mol. The third-order valence-corrected chi connectivity index (χ3v) is 1.64. The van der Waals surface area contributed by atoms with Crippen molar-refractivity contribution in [2.75, 3.05) is 0 Å². The van der Waals surface area contributed by atoms with E-state index in [1.807, 2.05) is 36.5 Å². The molecule has 4 nitrogen and oxygen atoms in total. The van der Waals surface area contributed by atoms with E-state index in [1.54, 1.807) is 0 Å². The maximum absolute atomic E-state index is 8.66. The summed E-state index contributed by atoms with van der Waals surface area (Å²) < 4.78 is 1.13. The van der Waals surface area contributed by atoms with Crippen LogP contribution < -0.4 is 0 Å². The van der Waals surface area contributed by atoms with Gasteiger partial charge in [-0.05, 0) is 0 Å². The molecule has 0 N–H and O–H groups in total. The third kappa shape index (κ3) is 1.27. The first-order valence-corrected chi connectivity index (χ1v) is 3.71. The van der Waals surface area contributed by atoms with E-state index in [9.17, 15) is 0 Å². The molecule has 0 atom stereocenters. The van der Waals surface area contributed by atoms with Crippen LogP contribution in [0.25, 0.3) is 11.3 Å². The monoisotopic (exact) mass is 169 g/mol. The van der Waals surface area contributed by atoms with Crippen molar-refractivity contribution in [1.29, 1.82) is 5.26 Å². The minimum Gasteiger partial charge on any atom is -0.170 e. The Bertz CT molecular complexity index is 438. The van der Waals surface area contributed by atoms with Gasteiger partial charge in [0, 0.05) is 5.56 Å². The molecule has 0 aliphatic carbocycles. The van der Waals surface area contributed by atoms with E-state index < -0.39 is 0 Å². The summed E-state index contributed by atoms with van der Waals surface area (Å²) in [6, 6.07) is 9.44. The van der Waals surface area contributed by atoms with Crippen LogP contribution >= 0.6 is 0 Å². The van der Waals surface area contributed by atoms with E-state index in [0.717, 1.165) is 10.2 Å². The van der Waals surface area contributed by atoms with Gasteiger partial charge in [-0.1, -0.05) is 35.5 Å². The number of nitrogens with zero attached hydrogens (tertiary/aromatic N) is 4. The molecule has 0 fully saturated rings. The van der Waals surface area contributed by atoms with Gasteiger partial charge in [-0.3, -0.25) is 0 Å². The summed E-state index contributed by atoms with van der Waals surface area (Å²) in [5.41, 5.74) is 1.47. The lowest BCUT2D eigenvalue weighted by Crippen LogP contribution is -1.93. The molecule has 0 saturated carbocycles. The molecule has 0 saturated heterocycles. The first-order chi connectivity index (χ1) is 6.42. The third-order valence-electron chi connectivity index (χ3n) is 1.64. The van der Waals surface area contributed by atoms with Gasteiger partial charge in [-0.25, -0.2) is 0 Å². The topological polar surface area (TPSA) is 54.5 Å². The van der Waals surface area contributed by atoms with E-state index in [0.29, 0.717) is 5.69 Å². The standard InChI is InChI=1S/C9H5N4/c10-7-13-9(6-11-12-13)8-4-2-1-3-5-8/h1-5H. The maximum Gasteiger partial charge on any atom is 0.208 e. The SMILES string of the molecule is N#Cn1nn[c]c1-c1ccccc1. The van der Waals surface area contributed by atoms with Gasteiger partial charge in [0.05, 0.1) is 0 Å². The highest BCUT2D eigenvalue weighted by molar-refractivity contribution is 5.58. The lowest BCUT2D eigenvalue weighted by molar-refractivity contribution is 0.820. The summed E-state index contributed by atoms with van der Waals surface area (Å²) >= 11 is 0. The summed E-state index contributed by atoms with van der Waals surface area (Å²) in [7, 11) is 0. The molecule has 1 heterocycles. The highest BCUT2D eigenvalue weighted by atomic mass is 15.4. The molecule has 0 bridgehead atoms. The van der Waals surface area contributed by atoms with Crippen molar-refractivity contribution in [1.82, 2.24) is 15.0 Å². The van der Waals surface area contributed by atoms with Crippen LogP contribution in [0.4, 0.5) is 0 Å². The van der Waals surface area contributed by atoms with Crippen molar-refractivity contribution in [3.05, 3.63) is 36.5 Å². The first kappa shape index (κ1) is 7.50. The van der Waals surface area contributed by atoms with E-state index in [2.05, 4.69) is 16.5 Å². The molecule has 1 aromatic heterocycles. The first-order valence-electron chi connectivity index (χ1n) is 3.71. The van der Waals surface area contributed by atoms with Crippen molar-refractivity contribution in [2.24, 2.45) is 0 Å². The molecule has 1 aromatic carbocycles. The van der Waals surface area contributed by atoms with Gasteiger partial charge in [-0.15, -0.1) is 9.78 Å². The molecule has 0 unspecified atom stereocenters. The van der Waals surface area contributed by atoms with Crippen LogP contribution in [0.15, 0.2) is 30.3 Å². The second-order valence-electron chi connectivity index (χ2n) is 2.43. The molecule has 0 aliphatic heterocycles. The Morgan fingerprint density at radius 3 is 2.77 bits per heavy atom. The van der Waals surface area contributed by atoms with E-state index in [1.165, 1.54) is 0 Å². The van der Waals surface area contributed by atoms with Crippen molar-refractivity contribution in [3.63, 3.8) is 0 Å². The molecule has 13 heavy (non-hydrogen) atoms. The van der Waals surface area contributed by atoms with Gasteiger partial charge >= 0.3 is 0 Å². The second kappa shape index (κ2) is 3.07. The fraction of sp³-hybridized carbons (Fsp3) is 0. The van der Waals surface area contributed by atoms with Gasteiger partial charge in [0.25, 0.3) is 0 Å². The molecule has 2 rings (SSSR count). The number of hydrogen-bond acceptors (Lipinski definition) is 3. The Balaban J connectivity index is 2.54. The van der Waals surface area contributed by atoms with Crippen molar-refractivity contribution in [3.8, 4) is 17.5 Å². The Hall–Kier alpha value is -2.15. The fourth-order valence-electron chi connectivity index (χ4n) is 1.06. The zero-order chi connectivity index (χ0) is 9.10. The maximum atomic E-state index is 8.66. The van der Waals surface area contributed by atoms with E-state index in [4.69, 9.17) is 5.26 Å². The van der Waals surface area contributed by atoms with Crippen molar-refractivity contribution >= 4 is 0 Å². The van der Waals surface area contributed by atoms with E-state index in [-0.39, 0.29) is 0 Å². The Morgan fingerprint density at radius 2 is 2.08 bits per heavy atom. The summed E-state index contributed by atoms with van der Waals surface area (Å²) in [6.45, 7) is 0. The van der Waals surface area contributed by atoms with Crippen LogP contribution in [0.5, 0.6) is 0 Å². The Morgan fingerprint density at radius 1 is 1.31 bits per heavy atom. The zero-order valence-electron chi connectivity index (χ0n) is 6.68. The molecule has 0 aliphatic rings. The quantitative estimate of drug-likeness (QED) is 0.641. The largest absolute Gasteiger partial charge is 0.208 e. The molecule has 4 heteroatoms. The highest BCUT2D eigenvalue weighted by Crippen LogP contribution is 2.15. The lowest BCUT2D eigenvalue weighted by atomic mass is 10.2. The number of rotatable bonds is 1. The molecule has 1 radical (unpaired) electrons. The minimum atomic E-state index is 0.586. The number of aromatic nitrogens is 3.